The Morgan fingerprint density at radius 3 is 1.95 bits per heavy atom. The highest BCUT2D eigenvalue weighted by atomic mass is 32.2. The highest BCUT2D eigenvalue weighted by Crippen LogP contribution is 2.46. The predicted octanol–water partition coefficient (Wildman–Crippen LogP) is 3.57. The molecule has 0 radical (unpaired) electrons. The number of carbonyl (C=O) groups is 2. The molecule has 21 heteroatoms. The molecular formula is C35H31N3O14S4. The Kier molecular flexibility index (Phi) is 10.4. The average Bonchev–Trinajstić information content (AvgIpc) is 3.12. The van der Waals surface area contributed by atoms with E-state index in [1.54, 1.807) is 0 Å². The number of fused-ring (bicyclic) bond motifs is 2. The third kappa shape index (κ3) is 7.42. The lowest BCUT2D eigenvalue weighted by Gasteiger charge is -2.25. The fourth-order valence-electron chi connectivity index (χ4n) is 6.52. The minimum atomic E-state index is -5.34. The third-order valence-corrected chi connectivity index (χ3v) is 13.6. The Bertz CT molecular complexity index is 3030. The molecule has 5 N–H and O–H groups in total. The summed E-state index contributed by atoms with van der Waals surface area (Å²) in [5, 5.41) is 2.13. The van der Waals surface area contributed by atoms with Crippen molar-refractivity contribution in [1.82, 2.24) is 9.88 Å². The van der Waals surface area contributed by atoms with E-state index in [0.717, 1.165) is 42.5 Å². The largest absolute Gasteiger partial charge is 0.354 e. The van der Waals surface area contributed by atoms with Gasteiger partial charge in [0.25, 0.3) is 35.9 Å². The van der Waals surface area contributed by atoms with Crippen LogP contribution in [0.5, 0.6) is 0 Å². The van der Waals surface area contributed by atoms with Crippen molar-refractivity contribution in [3.63, 3.8) is 0 Å². The minimum absolute atomic E-state index is 0.0614. The number of rotatable bonds is 13. The van der Waals surface area contributed by atoms with E-state index in [1.807, 2.05) is 18.7 Å². The quantitative estimate of drug-likeness (QED) is 0.0821. The molecule has 6 rings (SSSR count). The molecule has 0 fully saturated rings. The molecule has 5 aromatic rings. The summed E-state index contributed by atoms with van der Waals surface area (Å²) in [6, 6.07) is 12.8. The van der Waals surface area contributed by atoms with Gasteiger partial charge in [0, 0.05) is 28.6 Å². The van der Waals surface area contributed by atoms with Crippen LogP contribution < -0.4 is 10.9 Å². The number of sulfone groups is 1. The van der Waals surface area contributed by atoms with Gasteiger partial charge in [0.15, 0.2) is 21.4 Å². The summed E-state index contributed by atoms with van der Waals surface area (Å²) in [5.74, 6) is -2.40. The molecule has 0 atom stereocenters. The van der Waals surface area contributed by atoms with Crippen molar-refractivity contribution < 1.29 is 56.9 Å². The van der Waals surface area contributed by atoms with E-state index in [1.165, 1.54) is 24.3 Å². The Morgan fingerprint density at radius 1 is 0.696 bits per heavy atom. The van der Waals surface area contributed by atoms with Crippen LogP contribution >= 0.6 is 0 Å². The predicted molar refractivity (Wildman–Crippen MR) is 202 cm³/mol. The highest BCUT2D eigenvalue weighted by Gasteiger charge is 2.36. The first kappa shape index (κ1) is 40.5. The van der Waals surface area contributed by atoms with Gasteiger partial charge in [-0.25, -0.2) is 8.42 Å². The van der Waals surface area contributed by atoms with Crippen LogP contribution in [-0.2, 0) is 40.2 Å². The van der Waals surface area contributed by atoms with E-state index in [-0.39, 0.29) is 23.2 Å². The van der Waals surface area contributed by atoms with Crippen LogP contribution in [0.3, 0.4) is 0 Å². The van der Waals surface area contributed by atoms with Gasteiger partial charge in [0.05, 0.1) is 43.6 Å². The van der Waals surface area contributed by atoms with Crippen molar-refractivity contribution in [1.29, 1.82) is 0 Å². The zero-order chi connectivity index (χ0) is 41.1. The lowest BCUT2D eigenvalue weighted by molar-refractivity contribution is 0.102. The van der Waals surface area contributed by atoms with E-state index in [9.17, 15) is 61.7 Å². The summed E-state index contributed by atoms with van der Waals surface area (Å²) in [7, 11) is -19.4. The highest BCUT2D eigenvalue weighted by molar-refractivity contribution is 7.91. The molecule has 0 aliphatic heterocycles. The molecule has 17 nitrogen and oxygen atoms in total. The first-order valence-corrected chi connectivity index (χ1v) is 22.4. The van der Waals surface area contributed by atoms with Crippen LogP contribution in [-0.4, -0.2) is 94.2 Å². The van der Waals surface area contributed by atoms with Crippen molar-refractivity contribution in [2.24, 2.45) is 0 Å². The Balaban J connectivity index is 1.69. The smallest absolute Gasteiger partial charge is 0.296 e. The summed E-state index contributed by atoms with van der Waals surface area (Å²) < 4.78 is 132. The molecule has 1 heterocycles. The molecular weight excluding hydrogens is 815 g/mol. The number of anilines is 2. The normalized spacial score (nSPS) is 13.2. The molecule has 0 bridgehead atoms. The minimum Gasteiger partial charge on any atom is -0.354 e. The number of nitrogens with zero attached hydrogens (tertiary/aromatic N) is 1. The number of hydrogen-bond acceptors (Lipinski definition) is 13. The Hall–Kier alpha value is -5.13. The second-order valence-corrected chi connectivity index (χ2v) is 18.8. The number of H-pyrrole nitrogens is 1. The molecule has 0 amide bonds. The van der Waals surface area contributed by atoms with Gasteiger partial charge in [-0.05, 0) is 55.1 Å². The molecule has 56 heavy (non-hydrogen) atoms. The molecule has 1 aromatic heterocycles. The summed E-state index contributed by atoms with van der Waals surface area (Å²) >= 11 is 0. The van der Waals surface area contributed by atoms with Crippen LogP contribution in [0.4, 0.5) is 11.4 Å². The van der Waals surface area contributed by atoms with Gasteiger partial charge >= 0.3 is 0 Å². The molecule has 0 spiro atoms. The number of benzene rings is 4. The maximum Gasteiger partial charge on any atom is 0.296 e. The van der Waals surface area contributed by atoms with Crippen molar-refractivity contribution in [2.75, 3.05) is 30.7 Å². The van der Waals surface area contributed by atoms with Crippen molar-refractivity contribution >= 4 is 74.0 Å². The van der Waals surface area contributed by atoms with Gasteiger partial charge in [0.1, 0.15) is 9.79 Å². The van der Waals surface area contributed by atoms with Crippen LogP contribution in [0, 0.1) is 0 Å². The molecule has 0 saturated carbocycles. The van der Waals surface area contributed by atoms with Crippen molar-refractivity contribution in [2.45, 2.75) is 33.4 Å². The second kappa shape index (κ2) is 14.4. The molecule has 1 aliphatic carbocycles. The molecule has 1 aliphatic rings. The fourth-order valence-corrected chi connectivity index (χ4v) is 9.66. The van der Waals surface area contributed by atoms with Gasteiger partial charge in [-0.1, -0.05) is 50.2 Å². The second-order valence-electron chi connectivity index (χ2n) is 12.5. The van der Waals surface area contributed by atoms with Crippen LogP contribution in [0.1, 0.15) is 45.7 Å². The first-order valence-electron chi connectivity index (χ1n) is 16.4. The monoisotopic (exact) mass is 845 g/mol. The van der Waals surface area contributed by atoms with Crippen LogP contribution in [0.2, 0.25) is 0 Å². The first-order chi connectivity index (χ1) is 26.1. The Labute approximate surface area is 320 Å². The van der Waals surface area contributed by atoms with Crippen molar-refractivity contribution in [3.05, 3.63) is 105 Å². The summed E-state index contributed by atoms with van der Waals surface area (Å²) in [6.45, 7) is 4.85. The lowest BCUT2D eigenvalue weighted by atomic mass is 9.80. The number of aromatic amines is 1. The number of nitrogens with one attached hydrogen (secondary N) is 2. The number of carbonyl (C=O) groups excluding carboxylic acids is 2. The van der Waals surface area contributed by atoms with E-state index in [2.05, 4.69) is 10.3 Å². The van der Waals surface area contributed by atoms with E-state index < -0.39 is 122 Å². The molecule has 0 unspecified atom stereocenters. The van der Waals surface area contributed by atoms with Gasteiger partial charge in [-0.2, -0.15) is 25.3 Å². The Morgan fingerprint density at radius 2 is 1.34 bits per heavy atom. The molecule has 294 valence electrons. The molecule has 0 saturated heterocycles. The van der Waals surface area contributed by atoms with Crippen LogP contribution in [0.25, 0.3) is 22.0 Å². The summed E-state index contributed by atoms with van der Waals surface area (Å²) in [6.07, 6.45) is 0. The molecule has 4 aromatic carbocycles. The zero-order valence-electron chi connectivity index (χ0n) is 29.2. The topological polar surface area (TPSA) is 280 Å². The number of aromatic nitrogens is 1. The lowest BCUT2D eigenvalue weighted by Crippen LogP contribution is -2.29. The summed E-state index contributed by atoms with van der Waals surface area (Å²) in [4.78, 5) is 43.4. The number of pyridine rings is 1. The summed E-state index contributed by atoms with van der Waals surface area (Å²) in [5.41, 5.74) is -5.23. The van der Waals surface area contributed by atoms with Gasteiger partial charge in [-0.3, -0.25) is 28.0 Å². The third-order valence-electron chi connectivity index (χ3n) is 9.25. The number of hydrogen-bond donors (Lipinski definition) is 5. The zero-order valence-corrected chi connectivity index (χ0v) is 32.4. The standard InChI is InChI=1S/C35H31N3O14S4/c1-3-38(4-2)14-15-53(42,43)20-12-13-26(55(47,48)49)24(17-20)36-25-18-27(56(50,51)52)32-30-28(22-10-5-6-11-23(22)34(40)29(25)30)31(35(41)37-32)33(39)19-8-7-9-21(16-19)54(44,45)46/h5-13,16-18,36H,3-4,14-15H2,1-2H3,(H,37,41)(H,44,45,46)(H,47,48,49)(H,50,51,52). The van der Waals surface area contributed by atoms with Gasteiger partial charge < -0.3 is 15.2 Å². The van der Waals surface area contributed by atoms with E-state index in [0.29, 0.717) is 19.2 Å². The maximum absolute atomic E-state index is 14.4. The average molecular weight is 846 g/mol. The van der Waals surface area contributed by atoms with Crippen LogP contribution in [0.15, 0.2) is 97.2 Å². The van der Waals surface area contributed by atoms with Gasteiger partial charge in [-0.15, -0.1) is 0 Å². The van der Waals surface area contributed by atoms with Gasteiger partial charge in [0.2, 0.25) is 0 Å². The van der Waals surface area contributed by atoms with Crippen molar-refractivity contribution in [3.8, 4) is 11.1 Å². The number of ketones is 2. The SMILES string of the molecule is CCN(CC)CCS(=O)(=O)c1ccc(S(=O)(=O)O)c(Nc2cc(S(=O)(=O)O)c3[nH]c(=O)c(C(=O)c4cccc(S(=O)(=O)O)c4)c4c3c2C(=O)c2ccccc2-4)c1. The fraction of sp³-hybridized carbons (Fsp3) is 0.171. The van der Waals surface area contributed by atoms with E-state index >= 15 is 0 Å². The van der Waals surface area contributed by atoms with E-state index in [4.69, 9.17) is 0 Å². The maximum atomic E-state index is 14.4.